The Morgan fingerprint density at radius 3 is 2.59 bits per heavy atom. The van der Waals surface area contributed by atoms with Crippen molar-refractivity contribution in [2.45, 2.75) is 33.0 Å². The smallest absolute Gasteiger partial charge is 0.338 e. The molecule has 0 aliphatic carbocycles. The maximum absolute atomic E-state index is 11.7. The molecule has 1 aromatic carbocycles. The van der Waals surface area contributed by atoms with Crippen molar-refractivity contribution in [2.75, 3.05) is 24.6 Å². The Hall–Kier alpha value is -2.15. The second-order valence-electron chi connectivity index (χ2n) is 5.34. The van der Waals surface area contributed by atoms with Gasteiger partial charge in [-0.15, -0.1) is 0 Å². The maximum Gasteiger partial charge on any atom is 0.338 e. The Morgan fingerprint density at radius 2 is 2.05 bits per heavy atom. The molecule has 0 aromatic heterocycles. The minimum absolute atomic E-state index is 0.00640. The van der Waals surface area contributed by atoms with Gasteiger partial charge >= 0.3 is 5.97 Å². The molecule has 1 heterocycles. The number of hydrogen-bond acceptors (Lipinski definition) is 6. The van der Waals surface area contributed by atoms with E-state index < -0.39 is 10.9 Å². The van der Waals surface area contributed by atoms with Crippen molar-refractivity contribution in [2.24, 2.45) is 0 Å². The van der Waals surface area contributed by atoms with E-state index in [1.807, 2.05) is 18.7 Å². The first kappa shape index (κ1) is 16.2. The lowest BCUT2D eigenvalue weighted by molar-refractivity contribution is -0.384. The van der Waals surface area contributed by atoms with E-state index in [-0.39, 0.29) is 30.1 Å². The Kier molecular flexibility index (Phi) is 4.97. The van der Waals surface area contributed by atoms with Crippen molar-refractivity contribution in [1.29, 1.82) is 0 Å². The molecule has 2 unspecified atom stereocenters. The summed E-state index contributed by atoms with van der Waals surface area (Å²) in [5.74, 6) is -0.555. The molecule has 7 heteroatoms. The molecule has 0 spiro atoms. The molecule has 0 radical (unpaired) electrons. The van der Waals surface area contributed by atoms with Crippen LogP contribution < -0.4 is 4.90 Å². The largest absolute Gasteiger partial charge is 0.462 e. The Labute approximate surface area is 129 Å². The van der Waals surface area contributed by atoms with Gasteiger partial charge in [0, 0.05) is 19.2 Å². The van der Waals surface area contributed by atoms with Crippen LogP contribution in [0.5, 0.6) is 0 Å². The highest BCUT2D eigenvalue weighted by Crippen LogP contribution is 2.31. The summed E-state index contributed by atoms with van der Waals surface area (Å²) < 4.78 is 10.5. The zero-order valence-electron chi connectivity index (χ0n) is 12.9. The number of anilines is 1. The van der Waals surface area contributed by atoms with Gasteiger partial charge in [-0.25, -0.2) is 4.79 Å². The molecule has 0 bridgehead atoms. The number of nitro benzene ring substituents is 1. The molecule has 0 amide bonds. The number of nitrogens with zero attached hydrogens (tertiary/aromatic N) is 2. The fourth-order valence-electron chi connectivity index (χ4n) is 2.65. The number of nitro groups is 1. The lowest BCUT2D eigenvalue weighted by Crippen LogP contribution is -2.45. The van der Waals surface area contributed by atoms with Crippen LogP contribution in [0.15, 0.2) is 18.2 Å². The minimum atomic E-state index is -0.555. The van der Waals surface area contributed by atoms with Crippen LogP contribution in [-0.2, 0) is 9.47 Å². The molecule has 7 nitrogen and oxygen atoms in total. The average molecular weight is 308 g/mol. The van der Waals surface area contributed by atoms with Crippen molar-refractivity contribution >= 4 is 17.3 Å². The monoisotopic (exact) mass is 308 g/mol. The molecule has 0 saturated carbocycles. The molecule has 120 valence electrons. The predicted octanol–water partition coefficient (Wildman–Crippen LogP) is 2.39. The summed E-state index contributed by atoms with van der Waals surface area (Å²) in [7, 11) is 0. The van der Waals surface area contributed by atoms with E-state index in [1.165, 1.54) is 6.07 Å². The van der Waals surface area contributed by atoms with Gasteiger partial charge in [0.05, 0.1) is 29.3 Å². The van der Waals surface area contributed by atoms with Crippen molar-refractivity contribution in [3.05, 3.63) is 33.9 Å². The summed E-state index contributed by atoms with van der Waals surface area (Å²) in [5, 5.41) is 11.4. The van der Waals surface area contributed by atoms with Gasteiger partial charge in [0.15, 0.2) is 0 Å². The first-order valence-electron chi connectivity index (χ1n) is 7.28. The Bertz CT molecular complexity index is 565. The van der Waals surface area contributed by atoms with Crippen LogP contribution in [-0.4, -0.2) is 42.8 Å². The third kappa shape index (κ3) is 3.54. The van der Waals surface area contributed by atoms with E-state index in [2.05, 4.69) is 0 Å². The second-order valence-corrected chi connectivity index (χ2v) is 5.34. The lowest BCUT2D eigenvalue weighted by Gasteiger charge is -2.36. The minimum Gasteiger partial charge on any atom is -0.462 e. The molecule has 2 atom stereocenters. The number of ether oxygens (including phenoxy) is 2. The number of morpholine rings is 1. The van der Waals surface area contributed by atoms with Crippen molar-refractivity contribution in [1.82, 2.24) is 0 Å². The molecule has 0 N–H and O–H groups in total. The molecule has 2 rings (SSSR count). The molecule has 1 aromatic rings. The van der Waals surface area contributed by atoms with E-state index >= 15 is 0 Å². The third-order valence-electron chi connectivity index (χ3n) is 3.44. The molecular formula is C15H20N2O5. The van der Waals surface area contributed by atoms with Gasteiger partial charge < -0.3 is 14.4 Å². The van der Waals surface area contributed by atoms with E-state index in [4.69, 9.17) is 9.47 Å². The van der Waals surface area contributed by atoms with E-state index in [0.29, 0.717) is 18.8 Å². The van der Waals surface area contributed by atoms with Crippen LogP contribution >= 0.6 is 0 Å². The van der Waals surface area contributed by atoms with E-state index in [1.54, 1.807) is 19.1 Å². The van der Waals surface area contributed by atoms with Crippen LogP contribution in [0.2, 0.25) is 0 Å². The topological polar surface area (TPSA) is 81.9 Å². The summed E-state index contributed by atoms with van der Waals surface area (Å²) in [4.78, 5) is 24.5. The third-order valence-corrected chi connectivity index (χ3v) is 3.44. The van der Waals surface area contributed by atoms with Crippen LogP contribution in [0, 0.1) is 10.1 Å². The van der Waals surface area contributed by atoms with Gasteiger partial charge in [-0.1, -0.05) is 0 Å². The fraction of sp³-hybridized carbons (Fsp3) is 0.533. The average Bonchev–Trinajstić information content (AvgIpc) is 2.45. The predicted molar refractivity (Wildman–Crippen MR) is 81.3 cm³/mol. The molecule has 1 saturated heterocycles. The van der Waals surface area contributed by atoms with Gasteiger partial charge in [-0.2, -0.15) is 0 Å². The van der Waals surface area contributed by atoms with Gasteiger partial charge in [-0.3, -0.25) is 10.1 Å². The number of carbonyl (C=O) groups is 1. The van der Waals surface area contributed by atoms with Crippen LogP contribution in [0.1, 0.15) is 31.1 Å². The molecule has 22 heavy (non-hydrogen) atoms. The number of hydrogen-bond donors (Lipinski definition) is 0. The quantitative estimate of drug-likeness (QED) is 0.482. The first-order valence-corrected chi connectivity index (χ1v) is 7.28. The van der Waals surface area contributed by atoms with Gasteiger partial charge in [-0.05, 0) is 32.9 Å². The van der Waals surface area contributed by atoms with Gasteiger partial charge in [0.2, 0.25) is 0 Å². The first-order chi connectivity index (χ1) is 10.4. The highest BCUT2D eigenvalue weighted by molar-refractivity contribution is 5.91. The van der Waals surface area contributed by atoms with Gasteiger partial charge in [0.1, 0.15) is 5.69 Å². The summed E-state index contributed by atoms with van der Waals surface area (Å²) in [6.45, 7) is 6.93. The van der Waals surface area contributed by atoms with Crippen molar-refractivity contribution in [3.63, 3.8) is 0 Å². The normalized spacial score (nSPS) is 21.5. The highest BCUT2D eigenvalue weighted by Gasteiger charge is 2.28. The molecule has 1 aliphatic heterocycles. The summed E-state index contributed by atoms with van der Waals surface area (Å²) in [5.41, 5.74) is 0.596. The molecular weight excluding hydrogens is 288 g/mol. The number of benzene rings is 1. The SMILES string of the molecule is CCOC(=O)c1ccc(N2CC(C)OC(C)C2)c([N+](=O)[O-])c1. The summed E-state index contributed by atoms with van der Waals surface area (Å²) in [6, 6.07) is 4.44. The van der Waals surface area contributed by atoms with E-state index in [9.17, 15) is 14.9 Å². The Balaban J connectivity index is 2.35. The molecule has 1 fully saturated rings. The maximum atomic E-state index is 11.7. The zero-order valence-corrected chi connectivity index (χ0v) is 12.9. The van der Waals surface area contributed by atoms with Crippen LogP contribution in [0.4, 0.5) is 11.4 Å². The zero-order chi connectivity index (χ0) is 16.3. The van der Waals surface area contributed by atoms with Crippen molar-refractivity contribution in [3.8, 4) is 0 Å². The number of rotatable bonds is 4. The molecule has 1 aliphatic rings. The second kappa shape index (κ2) is 6.74. The Morgan fingerprint density at radius 1 is 1.41 bits per heavy atom. The summed E-state index contributed by atoms with van der Waals surface area (Å²) >= 11 is 0. The van der Waals surface area contributed by atoms with E-state index in [0.717, 1.165) is 0 Å². The standard InChI is InChI=1S/C15H20N2O5/c1-4-21-15(18)12-5-6-13(14(7-12)17(19)20)16-8-10(2)22-11(3)9-16/h5-7,10-11H,4,8-9H2,1-3H3. The van der Waals surface area contributed by atoms with Crippen LogP contribution in [0.3, 0.4) is 0 Å². The highest BCUT2D eigenvalue weighted by atomic mass is 16.6. The number of esters is 1. The van der Waals surface area contributed by atoms with Gasteiger partial charge in [0.25, 0.3) is 5.69 Å². The lowest BCUT2D eigenvalue weighted by atomic mass is 10.1. The fourth-order valence-corrected chi connectivity index (χ4v) is 2.65. The number of carbonyl (C=O) groups excluding carboxylic acids is 1. The summed E-state index contributed by atoms with van der Waals surface area (Å²) in [6.07, 6.45) is -0.0128. The van der Waals surface area contributed by atoms with Crippen LogP contribution in [0.25, 0.3) is 0 Å². The van der Waals surface area contributed by atoms with Crippen molar-refractivity contribution < 1.29 is 19.2 Å².